The van der Waals surface area contributed by atoms with Crippen molar-refractivity contribution in [1.29, 1.82) is 0 Å². The van der Waals surface area contributed by atoms with Gasteiger partial charge in [-0.2, -0.15) is 9.97 Å². The highest BCUT2D eigenvalue weighted by molar-refractivity contribution is 7.26. The van der Waals surface area contributed by atoms with Crippen molar-refractivity contribution in [1.82, 2.24) is 15.0 Å². The van der Waals surface area contributed by atoms with Gasteiger partial charge in [-0.25, -0.2) is 4.98 Å². The summed E-state index contributed by atoms with van der Waals surface area (Å²) < 4.78 is 2.36. The van der Waals surface area contributed by atoms with Crippen LogP contribution in [0, 0.1) is 0 Å². The van der Waals surface area contributed by atoms with Crippen LogP contribution in [0.4, 0.5) is 0 Å². The molecule has 38 heavy (non-hydrogen) atoms. The van der Waals surface area contributed by atoms with Crippen LogP contribution >= 0.6 is 22.9 Å². The van der Waals surface area contributed by atoms with Crippen molar-refractivity contribution in [3.63, 3.8) is 0 Å². The fourth-order valence-electron chi connectivity index (χ4n) is 4.93. The normalized spacial score (nSPS) is 11.3. The minimum atomic E-state index is 0.187. The van der Waals surface area contributed by atoms with E-state index >= 15 is 0 Å². The lowest BCUT2D eigenvalue weighted by Gasteiger charge is -2.10. The third-order valence-electron chi connectivity index (χ3n) is 6.70. The first-order chi connectivity index (χ1) is 18.7. The van der Waals surface area contributed by atoms with E-state index in [1.54, 1.807) is 11.3 Å². The molecular formula is C33H20ClN3S. The van der Waals surface area contributed by atoms with E-state index < -0.39 is 0 Å². The highest BCUT2D eigenvalue weighted by Crippen LogP contribution is 2.42. The van der Waals surface area contributed by atoms with Crippen molar-refractivity contribution < 1.29 is 0 Å². The quantitative estimate of drug-likeness (QED) is 0.229. The molecular weight excluding hydrogens is 506 g/mol. The molecule has 2 aromatic heterocycles. The average molecular weight is 526 g/mol. The summed E-state index contributed by atoms with van der Waals surface area (Å²) in [6.45, 7) is 0. The van der Waals surface area contributed by atoms with Gasteiger partial charge >= 0.3 is 0 Å². The van der Waals surface area contributed by atoms with Crippen LogP contribution in [0.15, 0.2) is 121 Å². The van der Waals surface area contributed by atoms with E-state index in [1.807, 2.05) is 30.3 Å². The van der Waals surface area contributed by atoms with Crippen LogP contribution in [-0.2, 0) is 0 Å². The van der Waals surface area contributed by atoms with Crippen molar-refractivity contribution in [2.24, 2.45) is 0 Å². The van der Waals surface area contributed by atoms with Gasteiger partial charge in [0.15, 0.2) is 11.6 Å². The topological polar surface area (TPSA) is 38.7 Å². The molecule has 7 aromatic rings. The second kappa shape index (κ2) is 9.49. The zero-order chi connectivity index (χ0) is 25.5. The summed E-state index contributed by atoms with van der Waals surface area (Å²) in [7, 11) is 0. The lowest BCUT2D eigenvalue weighted by Crippen LogP contribution is -1.97. The molecule has 0 atom stereocenters. The predicted molar refractivity (Wildman–Crippen MR) is 159 cm³/mol. The van der Waals surface area contributed by atoms with E-state index in [-0.39, 0.29) is 5.28 Å². The summed E-state index contributed by atoms with van der Waals surface area (Å²) in [6, 6.07) is 42.0. The number of rotatable bonds is 4. The minimum Gasteiger partial charge on any atom is -0.208 e. The fraction of sp³-hybridized carbons (Fsp3) is 0. The van der Waals surface area contributed by atoms with Gasteiger partial charge in [0.2, 0.25) is 5.28 Å². The van der Waals surface area contributed by atoms with Crippen LogP contribution in [0.5, 0.6) is 0 Å². The Morgan fingerprint density at radius 3 is 1.87 bits per heavy atom. The van der Waals surface area contributed by atoms with Crippen LogP contribution in [0.1, 0.15) is 0 Å². The largest absolute Gasteiger partial charge is 0.226 e. The molecule has 5 heteroatoms. The molecule has 180 valence electrons. The van der Waals surface area contributed by atoms with Gasteiger partial charge in [-0.15, -0.1) is 11.3 Å². The lowest BCUT2D eigenvalue weighted by atomic mass is 9.94. The van der Waals surface area contributed by atoms with Gasteiger partial charge in [-0.3, -0.25) is 0 Å². The van der Waals surface area contributed by atoms with E-state index in [0.717, 1.165) is 15.8 Å². The number of thiophene rings is 1. The molecule has 5 aromatic carbocycles. The van der Waals surface area contributed by atoms with Crippen LogP contribution in [0.25, 0.3) is 65.2 Å². The summed E-state index contributed by atoms with van der Waals surface area (Å²) in [4.78, 5) is 13.7. The Labute approximate surface area is 229 Å². The molecule has 0 radical (unpaired) electrons. The second-order valence-electron chi connectivity index (χ2n) is 9.02. The van der Waals surface area contributed by atoms with Gasteiger partial charge in [-0.05, 0) is 52.1 Å². The number of hydrogen-bond acceptors (Lipinski definition) is 4. The average Bonchev–Trinajstić information content (AvgIpc) is 3.36. The van der Waals surface area contributed by atoms with Gasteiger partial charge in [0.25, 0.3) is 0 Å². The lowest BCUT2D eigenvalue weighted by molar-refractivity contribution is 1.07. The molecule has 0 saturated heterocycles. The molecule has 0 aliphatic heterocycles. The Morgan fingerprint density at radius 1 is 0.474 bits per heavy atom. The predicted octanol–water partition coefficient (Wildman–Crippen LogP) is 9.56. The molecule has 7 rings (SSSR count). The number of nitrogens with zero attached hydrogens (tertiary/aromatic N) is 3. The Kier molecular flexibility index (Phi) is 5.69. The van der Waals surface area contributed by atoms with E-state index in [9.17, 15) is 0 Å². The first-order valence-corrected chi connectivity index (χ1v) is 13.5. The Morgan fingerprint density at radius 2 is 1.11 bits per heavy atom. The Balaban J connectivity index is 1.39. The minimum absolute atomic E-state index is 0.187. The monoisotopic (exact) mass is 525 g/mol. The maximum Gasteiger partial charge on any atom is 0.226 e. The highest BCUT2D eigenvalue weighted by atomic mass is 35.5. The molecule has 0 fully saturated rings. The van der Waals surface area contributed by atoms with E-state index in [1.165, 1.54) is 37.7 Å². The Hall–Kier alpha value is -4.38. The summed E-state index contributed by atoms with van der Waals surface area (Å²) in [5, 5.41) is 2.58. The van der Waals surface area contributed by atoms with Gasteiger partial charge in [0.05, 0.1) is 0 Å². The first kappa shape index (κ1) is 22.8. The maximum atomic E-state index is 6.37. The zero-order valence-electron chi connectivity index (χ0n) is 20.2. The summed E-state index contributed by atoms with van der Waals surface area (Å²) in [6.07, 6.45) is 0. The van der Waals surface area contributed by atoms with Crippen LogP contribution in [0.2, 0.25) is 5.28 Å². The van der Waals surface area contributed by atoms with Gasteiger partial charge < -0.3 is 0 Å². The van der Waals surface area contributed by atoms with Gasteiger partial charge in [-0.1, -0.05) is 103 Å². The number of fused-ring (bicyclic) bond motifs is 3. The third-order valence-corrected chi connectivity index (χ3v) is 8.09. The fourth-order valence-corrected chi connectivity index (χ4v) is 6.29. The summed E-state index contributed by atoms with van der Waals surface area (Å²) >= 11 is 8.13. The van der Waals surface area contributed by atoms with E-state index in [4.69, 9.17) is 16.6 Å². The molecule has 0 unspecified atom stereocenters. The standard InChI is InChI=1S/C33H20ClN3S/c34-33-36-31(22-12-5-2-6-13-22)35-32(37-33)27-17-9-16-26-28-20-23(18-19-29(28)38-30(26)27)25-15-8-7-14-24(25)21-10-3-1-4-11-21/h1-20H. The first-order valence-electron chi connectivity index (χ1n) is 12.3. The number of benzene rings is 5. The van der Waals surface area contributed by atoms with Crippen molar-refractivity contribution in [2.75, 3.05) is 0 Å². The Bertz CT molecular complexity index is 1930. The van der Waals surface area contributed by atoms with Gasteiger partial charge in [0, 0.05) is 31.3 Å². The SMILES string of the molecule is Clc1nc(-c2ccccc2)nc(-c2cccc3c2sc2ccc(-c4ccccc4-c4ccccc4)cc23)n1. The van der Waals surface area contributed by atoms with Crippen LogP contribution in [-0.4, -0.2) is 15.0 Å². The maximum absolute atomic E-state index is 6.37. The summed E-state index contributed by atoms with van der Waals surface area (Å²) in [5.41, 5.74) is 6.70. The molecule has 0 aliphatic rings. The van der Waals surface area contributed by atoms with Crippen molar-refractivity contribution in [3.8, 4) is 45.0 Å². The summed E-state index contributed by atoms with van der Waals surface area (Å²) in [5.74, 6) is 1.15. The molecule has 0 spiro atoms. The number of aromatic nitrogens is 3. The van der Waals surface area contributed by atoms with E-state index in [0.29, 0.717) is 11.6 Å². The highest BCUT2D eigenvalue weighted by Gasteiger charge is 2.16. The van der Waals surface area contributed by atoms with E-state index in [2.05, 4.69) is 101 Å². The molecule has 2 heterocycles. The third kappa shape index (κ3) is 4.04. The molecule has 0 N–H and O–H groups in total. The van der Waals surface area contributed by atoms with Crippen molar-refractivity contribution >= 4 is 43.1 Å². The molecule has 0 amide bonds. The zero-order valence-corrected chi connectivity index (χ0v) is 21.7. The van der Waals surface area contributed by atoms with Crippen LogP contribution in [0.3, 0.4) is 0 Å². The molecule has 0 bridgehead atoms. The second-order valence-corrected chi connectivity index (χ2v) is 10.4. The number of hydrogen-bond donors (Lipinski definition) is 0. The van der Waals surface area contributed by atoms with Crippen LogP contribution < -0.4 is 0 Å². The number of halogens is 1. The molecule has 0 saturated carbocycles. The van der Waals surface area contributed by atoms with Gasteiger partial charge in [0.1, 0.15) is 0 Å². The molecule has 0 aliphatic carbocycles. The molecule has 3 nitrogen and oxygen atoms in total. The van der Waals surface area contributed by atoms with Crippen molar-refractivity contribution in [3.05, 3.63) is 127 Å². The van der Waals surface area contributed by atoms with Crippen molar-refractivity contribution in [2.45, 2.75) is 0 Å². The smallest absolute Gasteiger partial charge is 0.208 e.